The average molecular weight is 643 g/mol. The van der Waals surface area contributed by atoms with Crippen LogP contribution in [-0.4, -0.2) is 42.8 Å². The van der Waals surface area contributed by atoms with E-state index in [1.54, 1.807) is 72.8 Å². The van der Waals surface area contributed by atoms with Crippen molar-refractivity contribution in [2.75, 3.05) is 20.3 Å². The standard InChI is InChI=1S/C34H32F2N6O5/c1-45-28-8-4-7-23(19-28)31-34(20-24-6-2-3-9-30(24)40-42-37,33(44)41-38-21-25-18-26(35)12-15-29(25)36)39-32(47-31)22-10-13-27(14-11-22)46-17-5-16-43/h2-4,6-15,18-19,31,38,43H,5,16-17,20-21H2,1H3,(H,41,44)/t31-,34-/m0/s1. The van der Waals surface area contributed by atoms with Gasteiger partial charge < -0.3 is 19.3 Å². The summed E-state index contributed by atoms with van der Waals surface area (Å²) in [6.07, 6.45) is -0.605. The van der Waals surface area contributed by atoms with Crippen LogP contribution in [0, 0.1) is 11.6 Å². The lowest BCUT2D eigenvalue weighted by atomic mass is 9.81. The molecule has 0 radical (unpaired) electrons. The quantitative estimate of drug-likeness (QED) is 0.0505. The van der Waals surface area contributed by atoms with Crippen molar-refractivity contribution in [3.8, 4) is 11.5 Å². The maximum absolute atomic E-state index is 14.4. The van der Waals surface area contributed by atoms with Crippen molar-refractivity contribution < 1.29 is 32.9 Å². The highest BCUT2D eigenvalue weighted by Gasteiger charge is 2.53. The largest absolute Gasteiger partial charge is 0.497 e. The van der Waals surface area contributed by atoms with Gasteiger partial charge in [0.05, 0.1) is 13.7 Å². The van der Waals surface area contributed by atoms with E-state index in [0.717, 1.165) is 18.2 Å². The number of nitrogens with one attached hydrogen (secondary N) is 2. The van der Waals surface area contributed by atoms with E-state index in [0.29, 0.717) is 46.9 Å². The number of benzene rings is 4. The van der Waals surface area contributed by atoms with Crippen molar-refractivity contribution >= 4 is 17.5 Å². The zero-order chi connectivity index (χ0) is 33.2. The van der Waals surface area contributed by atoms with Gasteiger partial charge in [-0.2, -0.15) is 0 Å². The number of ether oxygens (including phenoxy) is 3. The van der Waals surface area contributed by atoms with Crippen LogP contribution < -0.4 is 20.3 Å². The maximum atomic E-state index is 14.4. The molecule has 0 bridgehead atoms. The first-order chi connectivity index (χ1) is 22.9. The van der Waals surface area contributed by atoms with Gasteiger partial charge in [0.1, 0.15) is 23.1 Å². The minimum Gasteiger partial charge on any atom is -0.497 e. The molecule has 4 aromatic carbocycles. The number of rotatable bonds is 14. The lowest BCUT2D eigenvalue weighted by Crippen LogP contribution is -2.53. The van der Waals surface area contributed by atoms with Crippen LogP contribution in [0.3, 0.4) is 0 Å². The van der Waals surface area contributed by atoms with Crippen LogP contribution in [0.15, 0.2) is 101 Å². The summed E-state index contributed by atoms with van der Waals surface area (Å²) in [6, 6.07) is 23.8. The molecule has 1 aliphatic rings. The van der Waals surface area contributed by atoms with Crippen molar-refractivity contribution in [2.45, 2.75) is 31.0 Å². The number of nitrogens with zero attached hydrogens (tertiary/aromatic N) is 4. The van der Waals surface area contributed by atoms with E-state index in [2.05, 4.69) is 20.9 Å². The number of hydrogen-bond acceptors (Lipinski definition) is 8. The Balaban J connectivity index is 1.58. The molecule has 1 aliphatic heterocycles. The monoisotopic (exact) mass is 642 g/mol. The molecule has 2 atom stereocenters. The molecule has 1 amide bonds. The van der Waals surface area contributed by atoms with E-state index in [4.69, 9.17) is 24.3 Å². The lowest BCUT2D eigenvalue weighted by molar-refractivity contribution is -0.130. The molecule has 11 nitrogen and oxygen atoms in total. The summed E-state index contributed by atoms with van der Waals surface area (Å²) in [5.74, 6) is -0.654. The first kappa shape index (κ1) is 32.9. The van der Waals surface area contributed by atoms with Gasteiger partial charge in [0, 0.05) is 47.7 Å². The van der Waals surface area contributed by atoms with Gasteiger partial charge in [-0.25, -0.2) is 19.2 Å². The Morgan fingerprint density at radius 1 is 1.04 bits per heavy atom. The summed E-state index contributed by atoms with van der Waals surface area (Å²) in [7, 11) is 1.52. The Hall–Kier alpha value is -5.49. The summed E-state index contributed by atoms with van der Waals surface area (Å²) < 4.78 is 45.8. The molecular formula is C34H32F2N6O5. The van der Waals surface area contributed by atoms with Crippen LogP contribution in [0.4, 0.5) is 14.5 Å². The van der Waals surface area contributed by atoms with Gasteiger partial charge in [-0.3, -0.25) is 10.2 Å². The average Bonchev–Trinajstić information content (AvgIpc) is 3.48. The number of amides is 1. The molecule has 242 valence electrons. The van der Waals surface area contributed by atoms with Gasteiger partial charge in [-0.15, -0.1) is 0 Å². The summed E-state index contributed by atoms with van der Waals surface area (Å²) in [6.45, 7) is 0.124. The zero-order valence-corrected chi connectivity index (χ0v) is 25.4. The van der Waals surface area contributed by atoms with Crippen LogP contribution in [-0.2, 0) is 22.5 Å². The number of azide groups is 1. The minimum atomic E-state index is -1.70. The third-order valence-electron chi connectivity index (χ3n) is 7.52. The molecule has 4 aromatic rings. The zero-order valence-electron chi connectivity index (χ0n) is 25.4. The Labute approximate surface area is 269 Å². The number of hydrazine groups is 1. The highest BCUT2D eigenvalue weighted by atomic mass is 19.1. The third-order valence-corrected chi connectivity index (χ3v) is 7.52. The molecule has 0 saturated heterocycles. The molecule has 0 spiro atoms. The maximum Gasteiger partial charge on any atom is 0.266 e. The van der Waals surface area contributed by atoms with E-state index in [1.165, 1.54) is 7.11 Å². The van der Waals surface area contributed by atoms with Crippen LogP contribution in [0.2, 0.25) is 0 Å². The Morgan fingerprint density at radius 2 is 1.85 bits per heavy atom. The molecule has 5 rings (SSSR count). The van der Waals surface area contributed by atoms with Crippen molar-refractivity contribution in [3.63, 3.8) is 0 Å². The van der Waals surface area contributed by atoms with Gasteiger partial charge in [-0.05, 0) is 71.3 Å². The van der Waals surface area contributed by atoms with Crippen molar-refractivity contribution in [1.82, 2.24) is 10.9 Å². The predicted octanol–water partition coefficient (Wildman–Crippen LogP) is 6.00. The topological polar surface area (TPSA) is 150 Å². The Morgan fingerprint density at radius 3 is 2.62 bits per heavy atom. The highest BCUT2D eigenvalue weighted by Crippen LogP contribution is 2.44. The summed E-state index contributed by atoms with van der Waals surface area (Å²) in [5.41, 5.74) is 14.8. The van der Waals surface area contributed by atoms with Gasteiger partial charge in [0.25, 0.3) is 5.91 Å². The van der Waals surface area contributed by atoms with E-state index < -0.39 is 29.2 Å². The van der Waals surface area contributed by atoms with E-state index >= 15 is 0 Å². The van der Waals surface area contributed by atoms with Crippen molar-refractivity contribution in [1.29, 1.82) is 0 Å². The number of hydrogen-bond donors (Lipinski definition) is 3. The van der Waals surface area contributed by atoms with Crippen LogP contribution in [0.1, 0.15) is 34.8 Å². The van der Waals surface area contributed by atoms with Crippen molar-refractivity contribution in [3.05, 3.63) is 135 Å². The second-order valence-corrected chi connectivity index (χ2v) is 10.6. The second kappa shape index (κ2) is 15.2. The highest BCUT2D eigenvalue weighted by molar-refractivity contribution is 6.01. The van der Waals surface area contributed by atoms with Gasteiger partial charge in [0.15, 0.2) is 11.6 Å². The summed E-state index contributed by atoms with van der Waals surface area (Å²) in [5, 5.41) is 12.9. The molecule has 0 aliphatic carbocycles. The molecule has 3 N–H and O–H groups in total. The number of methoxy groups -OCH3 is 1. The molecule has 0 saturated carbocycles. The molecule has 0 unspecified atom stereocenters. The van der Waals surface area contributed by atoms with Gasteiger partial charge in [-0.1, -0.05) is 41.5 Å². The van der Waals surface area contributed by atoms with Gasteiger partial charge >= 0.3 is 0 Å². The second-order valence-electron chi connectivity index (χ2n) is 10.6. The SMILES string of the molecule is COc1cccc([C@@H]2OC(c3ccc(OCCCO)cc3)=N[C@]2(Cc2ccccc2N=[N+]=[N-])C(=O)NNCc2cc(F)ccc2F)c1. The lowest BCUT2D eigenvalue weighted by Gasteiger charge is -2.31. The fourth-order valence-corrected chi connectivity index (χ4v) is 5.19. The van der Waals surface area contributed by atoms with Crippen molar-refractivity contribution in [2.24, 2.45) is 10.1 Å². The fourth-order valence-electron chi connectivity index (χ4n) is 5.19. The van der Waals surface area contributed by atoms with Crippen LogP contribution in [0.5, 0.6) is 11.5 Å². The number of aliphatic hydroxyl groups excluding tert-OH is 1. The molecule has 13 heteroatoms. The van der Waals surface area contributed by atoms with E-state index in [9.17, 15) is 19.1 Å². The molecular weight excluding hydrogens is 610 g/mol. The number of carbonyl (C=O) groups excluding carboxylic acids is 1. The first-order valence-corrected chi connectivity index (χ1v) is 14.7. The third kappa shape index (κ3) is 7.67. The molecule has 1 heterocycles. The predicted molar refractivity (Wildman–Crippen MR) is 170 cm³/mol. The Bertz CT molecular complexity index is 1800. The smallest absolute Gasteiger partial charge is 0.266 e. The normalized spacial score (nSPS) is 16.9. The van der Waals surface area contributed by atoms with Gasteiger partial charge in [0.2, 0.25) is 5.90 Å². The number of aliphatic imine (C=N–C) groups is 1. The number of aliphatic hydroxyl groups is 1. The van der Waals surface area contributed by atoms with Crippen LogP contribution in [0.25, 0.3) is 10.4 Å². The fraction of sp³-hybridized carbons (Fsp3) is 0.235. The summed E-state index contributed by atoms with van der Waals surface area (Å²) in [4.78, 5) is 22.3. The Kier molecular flexibility index (Phi) is 10.6. The minimum absolute atomic E-state index is 0.00515. The molecule has 47 heavy (non-hydrogen) atoms. The molecule has 0 fully saturated rings. The number of carbonyl (C=O) groups is 1. The number of halogens is 2. The first-order valence-electron chi connectivity index (χ1n) is 14.7. The van der Waals surface area contributed by atoms with E-state index in [1.807, 2.05) is 0 Å². The van der Waals surface area contributed by atoms with Crippen LogP contribution >= 0.6 is 0 Å². The van der Waals surface area contributed by atoms with E-state index in [-0.39, 0.29) is 31.0 Å². The molecule has 0 aromatic heterocycles. The summed E-state index contributed by atoms with van der Waals surface area (Å²) >= 11 is 0.